The number of pyridine rings is 1. The molecule has 5 heteroatoms. The third kappa shape index (κ3) is 2.22. The minimum Gasteiger partial charge on any atom is -0.351 e. The van der Waals surface area contributed by atoms with E-state index in [9.17, 15) is 9.59 Å². The van der Waals surface area contributed by atoms with Crippen LogP contribution in [0.1, 0.15) is 32.0 Å². The lowest BCUT2D eigenvalue weighted by Gasteiger charge is -2.19. The molecule has 1 aliphatic carbocycles. The van der Waals surface area contributed by atoms with Gasteiger partial charge in [-0.1, -0.05) is 23.7 Å². The Morgan fingerprint density at radius 2 is 1.82 bits per heavy atom. The molecule has 0 spiro atoms. The number of allylic oxidation sites excluding steroid dienone is 2. The largest absolute Gasteiger partial charge is 0.351 e. The van der Waals surface area contributed by atoms with E-state index < -0.39 is 5.78 Å². The van der Waals surface area contributed by atoms with Gasteiger partial charge < -0.3 is 5.32 Å². The number of hydrogen-bond acceptors (Lipinski definition) is 4. The number of halogens is 1. The van der Waals surface area contributed by atoms with Gasteiger partial charge in [0.2, 0.25) is 11.6 Å². The summed E-state index contributed by atoms with van der Waals surface area (Å²) in [5.74, 6) is -0.765. The predicted molar refractivity (Wildman–Crippen MR) is 85.3 cm³/mol. The highest BCUT2D eigenvalue weighted by Gasteiger charge is 2.32. The highest BCUT2D eigenvalue weighted by Crippen LogP contribution is 2.29. The molecule has 0 bridgehead atoms. The standard InChI is InChI=1S/C17H13ClN2O2/c1-9-5-3-7-12(10(9)2)20-15-13(18)17(22)14-11(16(15)21)6-4-8-19-14/h3-8,20H,1-2H3. The van der Waals surface area contributed by atoms with Gasteiger partial charge in [0.1, 0.15) is 16.4 Å². The van der Waals surface area contributed by atoms with Gasteiger partial charge in [0.25, 0.3) is 0 Å². The molecule has 1 aromatic carbocycles. The summed E-state index contributed by atoms with van der Waals surface area (Å²) >= 11 is 6.10. The zero-order valence-electron chi connectivity index (χ0n) is 12.1. The van der Waals surface area contributed by atoms with Crippen molar-refractivity contribution >= 4 is 28.9 Å². The first kappa shape index (κ1) is 14.5. The number of ketones is 2. The molecule has 0 radical (unpaired) electrons. The van der Waals surface area contributed by atoms with Crippen LogP contribution in [0.3, 0.4) is 0 Å². The number of carbonyl (C=O) groups is 2. The first-order chi connectivity index (χ1) is 10.5. The van der Waals surface area contributed by atoms with Crippen molar-refractivity contribution in [1.29, 1.82) is 0 Å². The maximum Gasteiger partial charge on any atom is 0.225 e. The highest BCUT2D eigenvalue weighted by molar-refractivity contribution is 6.50. The minimum absolute atomic E-state index is 0.0980. The fourth-order valence-corrected chi connectivity index (χ4v) is 2.58. The molecule has 0 saturated heterocycles. The highest BCUT2D eigenvalue weighted by atomic mass is 35.5. The van der Waals surface area contributed by atoms with E-state index >= 15 is 0 Å². The molecule has 22 heavy (non-hydrogen) atoms. The van der Waals surface area contributed by atoms with Crippen molar-refractivity contribution in [3.05, 3.63) is 69.6 Å². The number of benzene rings is 1. The van der Waals surface area contributed by atoms with Crippen LogP contribution in [0.2, 0.25) is 0 Å². The van der Waals surface area contributed by atoms with Gasteiger partial charge in [-0.05, 0) is 43.2 Å². The molecule has 4 nitrogen and oxygen atoms in total. The zero-order chi connectivity index (χ0) is 15.9. The van der Waals surface area contributed by atoms with Crippen molar-refractivity contribution in [3.63, 3.8) is 0 Å². The van der Waals surface area contributed by atoms with Gasteiger partial charge in [0, 0.05) is 11.9 Å². The molecule has 1 aliphatic rings. The molecule has 0 fully saturated rings. The lowest BCUT2D eigenvalue weighted by Crippen LogP contribution is -2.25. The van der Waals surface area contributed by atoms with E-state index in [0.29, 0.717) is 0 Å². The van der Waals surface area contributed by atoms with E-state index in [1.807, 2.05) is 32.0 Å². The molecule has 3 rings (SSSR count). The first-order valence-corrected chi connectivity index (χ1v) is 7.16. The average molecular weight is 313 g/mol. The number of nitrogens with one attached hydrogen (secondary N) is 1. The Bertz CT molecular complexity index is 840. The number of hydrogen-bond donors (Lipinski definition) is 1. The van der Waals surface area contributed by atoms with Crippen molar-refractivity contribution < 1.29 is 9.59 Å². The molecule has 1 N–H and O–H groups in total. The second-order valence-electron chi connectivity index (χ2n) is 5.12. The van der Waals surface area contributed by atoms with E-state index in [1.165, 1.54) is 6.20 Å². The van der Waals surface area contributed by atoms with Crippen molar-refractivity contribution in [2.24, 2.45) is 0 Å². The molecule has 0 saturated carbocycles. The molecular formula is C17H13ClN2O2. The Labute approximate surface area is 132 Å². The Kier molecular flexibility index (Phi) is 3.54. The van der Waals surface area contributed by atoms with Crippen LogP contribution in [-0.4, -0.2) is 16.6 Å². The van der Waals surface area contributed by atoms with Crippen molar-refractivity contribution in [3.8, 4) is 0 Å². The van der Waals surface area contributed by atoms with Crippen LogP contribution in [0.5, 0.6) is 0 Å². The molecule has 110 valence electrons. The Morgan fingerprint density at radius 3 is 2.59 bits per heavy atom. The summed E-state index contributed by atoms with van der Waals surface area (Å²) in [5, 5.41) is 2.88. The van der Waals surface area contributed by atoms with Gasteiger partial charge >= 0.3 is 0 Å². The molecule has 1 heterocycles. The van der Waals surface area contributed by atoms with Crippen molar-refractivity contribution in [1.82, 2.24) is 4.98 Å². The molecule has 2 aromatic rings. The third-order valence-corrected chi connectivity index (χ3v) is 4.14. The zero-order valence-corrected chi connectivity index (χ0v) is 12.9. The smallest absolute Gasteiger partial charge is 0.225 e. The monoisotopic (exact) mass is 312 g/mol. The predicted octanol–water partition coefficient (Wildman–Crippen LogP) is 3.64. The van der Waals surface area contributed by atoms with E-state index in [-0.39, 0.29) is 27.8 Å². The second-order valence-corrected chi connectivity index (χ2v) is 5.50. The van der Waals surface area contributed by atoms with Gasteiger partial charge in [0.05, 0.1) is 5.56 Å². The van der Waals surface area contributed by atoms with E-state index in [0.717, 1.165) is 16.8 Å². The normalized spacial score (nSPS) is 14.1. The van der Waals surface area contributed by atoms with Gasteiger partial charge in [-0.15, -0.1) is 0 Å². The van der Waals surface area contributed by atoms with Crippen LogP contribution in [0.25, 0.3) is 0 Å². The molecule has 0 aliphatic heterocycles. The summed E-state index contributed by atoms with van der Waals surface area (Å²) in [6.07, 6.45) is 1.47. The van der Waals surface area contributed by atoms with E-state index in [4.69, 9.17) is 11.6 Å². The topological polar surface area (TPSA) is 59.1 Å². The first-order valence-electron chi connectivity index (χ1n) is 6.78. The van der Waals surface area contributed by atoms with Crippen LogP contribution in [0.4, 0.5) is 5.69 Å². The van der Waals surface area contributed by atoms with Crippen molar-refractivity contribution in [2.45, 2.75) is 13.8 Å². The number of rotatable bonds is 2. The Balaban J connectivity index is 2.08. The molecule has 0 unspecified atom stereocenters. The fourth-order valence-electron chi connectivity index (χ4n) is 2.35. The van der Waals surface area contributed by atoms with Crippen LogP contribution in [0, 0.1) is 13.8 Å². The Hall–Kier alpha value is -2.46. The molecular weight excluding hydrogens is 300 g/mol. The summed E-state index contributed by atoms with van der Waals surface area (Å²) in [7, 11) is 0. The molecule has 1 aromatic heterocycles. The van der Waals surface area contributed by atoms with E-state index in [2.05, 4.69) is 10.3 Å². The van der Waals surface area contributed by atoms with Gasteiger partial charge in [-0.2, -0.15) is 0 Å². The maximum absolute atomic E-state index is 12.6. The van der Waals surface area contributed by atoms with E-state index in [1.54, 1.807) is 12.1 Å². The quantitative estimate of drug-likeness (QED) is 0.919. The average Bonchev–Trinajstić information content (AvgIpc) is 2.53. The number of nitrogens with zero attached hydrogens (tertiary/aromatic N) is 1. The van der Waals surface area contributed by atoms with Crippen LogP contribution < -0.4 is 5.32 Å². The second kappa shape index (κ2) is 5.39. The number of aryl methyl sites for hydroxylation is 1. The van der Waals surface area contributed by atoms with Crippen LogP contribution in [-0.2, 0) is 0 Å². The summed E-state index contributed by atoms with van der Waals surface area (Å²) in [6, 6.07) is 8.90. The lowest BCUT2D eigenvalue weighted by molar-refractivity contribution is 0.0978. The number of carbonyl (C=O) groups excluding carboxylic acids is 2. The SMILES string of the molecule is Cc1cccc(NC2=C(Cl)C(=O)c3ncccc3C2=O)c1C. The maximum atomic E-state index is 12.6. The van der Waals surface area contributed by atoms with Gasteiger partial charge in [-0.3, -0.25) is 14.6 Å². The molecule has 0 atom stereocenters. The third-order valence-electron chi connectivity index (χ3n) is 3.78. The number of fused-ring (bicyclic) bond motifs is 1. The summed E-state index contributed by atoms with van der Waals surface area (Å²) in [4.78, 5) is 28.8. The van der Waals surface area contributed by atoms with Gasteiger partial charge in [0.15, 0.2) is 0 Å². The van der Waals surface area contributed by atoms with Crippen molar-refractivity contribution in [2.75, 3.05) is 5.32 Å². The van der Waals surface area contributed by atoms with Crippen LogP contribution in [0.15, 0.2) is 47.3 Å². The molecule has 0 amide bonds. The minimum atomic E-state index is -0.440. The number of aromatic nitrogens is 1. The number of Topliss-reactive ketones (excluding diaryl/α,β-unsaturated/α-hetero) is 2. The summed E-state index contributed by atoms with van der Waals surface area (Å²) in [5.41, 5.74) is 3.30. The Morgan fingerprint density at radius 1 is 1.05 bits per heavy atom. The fraction of sp³-hybridized carbons (Fsp3) is 0.118. The summed E-state index contributed by atoms with van der Waals surface area (Å²) < 4.78 is 0. The van der Waals surface area contributed by atoms with Crippen LogP contribution >= 0.6 is 11.6 Å². The summed E-state index contributed by atoms with van der Waals surface area (Å²) in [6.45, 7) is 3.92. The lowest BCUT2D eigenvalue weighted by atomic mass is 9.96. The van der Waals surface area contributed by atoms with Gasteiger partial charge in [-0.25, -0.2) is 0 Å². The number of anilines is 1.